The van der Waals surface area contributed by atoms with E-state index in [2.05, 4.69) is 29.9 Å². The summed E-state index contributed by atoms with van der Waals surface area (Å²) in [6.07, 6.45) is 14.4. The molecular formula is C17H29N3. The fraction of sp³-hybridized carbons (Fsp3) is 0.824. The van der Waals surface area contributed by atoms with Gasteiger partial charge in [-0.25, -0.2) is 4.98 Å². The molecule has 1 heterocycles. The summed E-state index contributed by atoms with van der Waals surface area (Å²) in [5, 5.41) is 3.76. The zero-order valence-electron chi connectivity index (χ0n) is 13.1. The minimum absolute atomic E-state index is 0.635. The van der Waals surface area contributed by atoms with Gasteiger partial charge in [0.05, 0.1) is 5.69 Å². The van der Waals surface area contributed by atoms with E-state index >= 15 is 0 Å². The molecular weight excluding hydrogens is 246 g/mol. The molecule has 0 spiro atoms. The van der Waals surface area contributed by atoms with E-state index in [0.29, 0.717) is 12.1 Å². The third kappa shape index (κ3) is 3.02. The fourth-order valence-electron chi connectivity index (χ4n) is 4.06. The number of imidazole rings is 1. The van der Waals surface area contributed by atoms with E-state index in [4.69, 9.17) is 4.98 Å². The highest BCUT2D eigenvalue weighted by Crippen LogP contribution is 2.34. The molecule has 20 heavy (non-hydrogen) atoms. The molecule has 3 nitrogen and oxygen atoms in total. The van der Waals surface area contributed by atoms with Crippen molar-refractivity contribution < 1.29 is 0 Å². The second-order valence-electron chi connectivity index (χ2n) is 6.83. The lowest BCUT2D eigenvalue weighted by atomic mass is 9.84. The summed E-state index contributed by atoms with van der Waals surface area (Å²) in [7, 11) is 0. The first kappa shape index (κ1) is 14.0. The molecule has 2 atom stereocenters. The van der Waals surface area contributed by atoms with E-state index < -0.39 is 0 Å². The van der Waals surface area contributed by atoms with E-state index in [1.165, 1.54) is 57.8 Å². The smallest absolute Gasteiger partial charge is 0.203 e. The average Bonchev–Trinajstić information content (AvgIpc) is 3.08. The van der Waals surface area contributed by atoms with Crippen LogP contribution in [-0.2, 0) is 0 Å². The van der Waals surface area contributed by atoms with Gasteiger partial charge in [0.25, 0.3) is 0 Å². The lowest BCUT2D eigenvalue weighted by Gasteiger charge is -2.30. The van der Waals surface area contributed by atoms with E-state index in [9.17, 15) is 0 Å². The predicted octanol–water partition coefficient (Wildman–Crippen LogP) is 4.69. The summed E-state index contributed by atoms with van der Waals surface area (Å²) in [4.78, 5) is 4.75. The topological polar surface area (TPSA) is 29.9 Å². The Bertz CT molecular complexity index is 431. The summed E-state index contributed by atoms with van der Waals surface area (Å²) < 4.78 is 2.43. The Morgan fingerprint density at radius 3 is 2.75 bits per heavy atom. The SMILES string of the molecule is CCC1CCCC(Nc2nc(C)cn2C2CCCC2)C1. The van der Waals surface area contributed by atoms with Crippen LogP contribution in [0.3, 0.4) is 0 Å². The third-order valence-corrected chi connectivity index (χ3v) is 5.26. The molecule has 2 fully saturated rings. The average molecular weight is 275 g/mol. The van der Waals surface area contributed by atoms with Gasteiger partial charge in [0.2, 0.25) is 5.95 Å². The Morgan fingerprint density at radius 2 is 2.00 bits per heavy atom. The largest absolute Gasteiger partial charge is 0.353 e. The zero-order valence-corrected chi connectivity index (χ0v) is 13.1. The highest BCUT2D eigenvalue weighted by Gasteiger charge is 2.24. The van der Waals surface area contributed by atoms with Gasteiger partial charge in [-0.15, -0.1) is 0 Å². The van der Waals surface area contributed by atoms with Crippen LogP contribution in [0, 0.1) is 12.8 Å². The van der Waals surface area contributed by atoms with Gasteiger partial charge in [-0.2, -0.15) is 0 Å². The van der Waals surface area contributed by atoms with Crippen molar-refractivity contribution in [2.45, 2.75) is 83.7 Å². The Hall–Kier alpha value is -0.990. The van der Waals surface area contributed by atoms with Crippen LogP contribution in [0.2, 0.25) is 0 Å². The van der Waals surface area contributed by atoms with Crippen LogP contribution in [0.25, 0.3) is 0 Å². The van der Waals surface area contributed by atoms with E-state index in [1.807, 2.05) is 0 Å². The molecule has 2 unspecified atom stereocenters. The summed E-state index contributed by atoms with van der Waals surface area (Å²) in [5.74, 6) is 2.05. The van der Waals surface area contributed by atoms with Gasteiger partial charge in [0, 0.05) is 18.3 Å². The summed E-state index contributed by atoms with van der Waals surface area (Å²) in [5.41, 5.74) is 1.15. The number of anilines is 1. The number of nitrogens with zero attached hydrogens (tertiary/aromatic N) is 2. The molecule has 0 radical (unpaired) electrons. The maximum Gasteiger partial charge on any atom is 0.203 e. The van der Waals surface area contributed by atoms with Gasteiger partial charge < -0.3 is 9.88 Å². The molecule has 3 heteroatoms. The van der Waals surface area contributed by atoms with Crippen molar-refractivity contribution in [2.75, 3.05) is 5.32 Å². The monoisotopic (exact) mass is 275 g/mol. The van der Waals surface area contributed by atoms with E-state index in [1.54, 1.807) is 0 Å². The maximum atomic E-state index is 4.75. The number of hydrogen-bond acceptors (Lipinski definition) is 2. The first-order chi connectivity index (χ1) is 9.76. The molecule has 3 rings (SSSR count). The van der Waals surface area contributed by atoms with Crippen molar-refractivity contribution in [1.29, 1.82) is 0 Å². The molecule has 2 aliphatic carbocycles. The molecule has 2 saturated carbocycles. The Kier molecular flexibility index (Phi) is 4.32. The molecule has 2 aliphatic rings. The van der Waals surface area contributed by atoms with Crippen molar-refractivity contribution in [2.24, 2.45) is 5.92 Å². The minimum Gasteiger partial charge on any atom is -0.353 e. The highest BCUT2D eigenvalue weighted by atomic mass is 15.2. The van der Waals surface area contributed by atoms with E-state index in [-0.39, 0.29) is 0 Å². The number of aryl methyl sites for hydroxylation is 1. The molecule has 0 aromatic carbocycles. The summed E-state index contributed by atoms with van der Waals surface area (Å²) >= 11 is 0. The van der Waals surface area contributed by atoms with Gasteiger partial charge in [0.15, 0.2) is 0 Å². The molecule has 1 aromatic heterocycles. The van der Waals surface area contributed by atoms with E-state index in [0.717, 1.165) is 17.6 Å². The van der Waals surface area contributed by atoms with Crippen LogP contribution >= 0.6 is 0 Å². The Balaban J connectivity index is 1.70. The van der Waals surface area contributed by atoms with Crippen molar-refractivity contribution >= 4 is 5.95 Å². The fourth-order valence-corrected chi connectivity index (χ4v) is 4.06. The van der Waals surface area contributed by atoms with Crippen LogP contribution in [0.15, 0.2) is 6.20 Å². The molecule has 0 aliphatic heterocycles. The first-order valence-electron chi connectivity index (χ1n) is 8.58. The van der Waals surface area contributed by atoms with Crippen molar-refractivity contribution in [3.63, 3.8) is 0 Å². The van der Waals surface area contributed by atoms with Gasteiger partial charge >= 0.3 is 0 Å². The summed E-state index contributed by atoms with van der Waals surface area (Å²) in [6.45, 7) is 4.45. The third-order valence-electron chi connectivity index (χ3n) is 5.26. The Morgan fingerprint density at radius 1 is 1.20 bits per heavy atom. The molecule has 1 aromatic rings. The van der Waals surface area contributed by atoms with Gasteiger partial charge in [-0.05, 0) is 38.5 Å². The molecule has 0 bridgehead atoms. The molecule has 112 valence electrons. The molecule has 1 N–H and O–H groups in total. The van der Waals surface area contributed by atoms with Crippen LogP contribution < -0.4 is 5.32 Å². The molecule has 0 amide bonds. The van der Waals surface area contributed by atoms with Crippen molar-refractivity contribution in [3.05, 3.63) is 11.9 Å². The van der Waals surface area contributed by atoms with Crippen molar-refractivity contribution in [1.82, 2.24) is 9.55 Å². The van der Waals surface area contributed by atoms with Gasteiger partial charge in [-0.3, -0.25) is 0 Å². The Labute approximate surface area is 123 Å². The predicted molar refractivity (Wildman–Crippen MR) is 84.1 cm³/mol. The van der Waals surface area contributed by atoms with Gasteiger partial charge in [-0.1, -0.05) is 39.0 Å². The second-order valence-corrected chi connectivity index (χ2v) is 6.83. The quantitative estimate of drug-likeness (QED) is 0.864. The van der Waals surface area contributed by atoms with Gasteiger partial charge in [0.1, 0.15) is 0 Å². The molecule has 0 saturated heterocycles. The standard InChI is InChI=1S/C17H29N3/c1-3-14-7-6-8-15(11-14)19-17-18-13(2)12-20(17)16-9-4-5-10-16/h12,14-16H,3-11H2,1-2H3,(H,18,19). The van der Waals surface area contributed by atoms with Crippen LogP contribution in [0.5, 0.6) is 0 Å². The normalized spacial score (nSPS) is 27.9. The first-order valence-corrected chi connectivity index (χ1v) is 8.58. The lowest BCUT2D eigenvalue weighted by molar-refractivity contribution is 0.325. The maximum absolute atomic E-state index is 4.75. The number of hydrogen-bond donors (Lipinski definition) is 1. The second kappa shape index (κ2) is 6.19. The minimum atomic E-state index is 0.635. The van der Waals surface area contributed by atoms with Crippen LogP contribution in [0.1, 0.15) is 76.4 Å². The number of rotatable bonds is 4. The van der Waals surface area contributed by atoms with Crippen LogP contribution in [-0.4, -0.2) is 15.6 Å². The van der Waals surface area contributed by atoms with Crippen molar-refractivity contribution in [3.8, 4) is 0 Å². The van der Waals surface area contributed by atoms with Crippen LogP contribution in [0.4, 0.5) is 5.95 Å². The lowest BCUT2D eigenvalue weighted by Crippen LogP contribution is -2.28. The highest BCUT2D eigenvalue weighted by molar-refractivity contribution is 5.31. The number of nitrogens with one attached hydrogen (secondary N) is 1. The summed E-state index contributed by atoms with van der Waals surface area (Å²) in [6, 6.07) is 1.32. The number of aromatic nitrogens is 2. The zero-order chi connectivity index (χ0) is 13.9.